The fraction of sp³-hybridized carbons (Fsp3) is 0.941. The molecule has 19 heavy (non-hydrogen) atoms. The molecule has 2 heteroatoms. The molecule has 0 aromatic heterocycles. The van der Waals surface area contributed by atoms with Crippen molar-refractivity contribution >= 4 is 5.97 Å². The molecule has 0 bridgehead atoms. The number of ether oxygens (including phenoxy) is 1. The van der Waals surface area contributed by atoms with Crippen LogP contribution in [0.5, 0.6) is 0 Å². The molecular formula is C17H36O2. The SMILES string of the molecule is CC.CCCCCCCCCCCCCC(=O)OC. The van der Waals surface area contributed by atoms with Crippen molar-refractivity contribution in [3.8, 4) is 0 Å². The lowest BCUT2D eigenvalue weighted by Crippen LogP contribution is -1.99. The lowest BCUT2D eigenvalue weighted by Gasteiger charge is -2.02. The Morgan fingerprint density at radius 2 is 1.11 bits per heavy atom. The number of unbranched alkanes of at least 4 members (excludes halogenated alkanes) is 10. The number of carbonyl (C=O) groups excluding carboxylic acids is 1. The van der Waals surface area contributed by atoms with Crippen molar-refractivity contribution in [2.75, 3.05) is 7.11 Å². The molecular weight excluding hydrogens is 236 g/mol. The Bertz CT molecular complexity index is 167. The van der Waals surface area contributed by atoms with E-state index < -0.39 is 0 Å². The highest BCUT2D eigenvalue weighted by molar-refractivity contribution is 5.68. The summed E-state index contributed by atoms with van der Waals surface area (Å²) in [5.41, 5.74) is 0. The molecule has 0 heterocycles. The predicted octanol–water partition coefficient (Wildman–Crippen LogP) is 5.89. The largest absolute Gasteiger partial charge is 0.469 e. The first kappa shape index (κ1) is 20.8. The summed E-state index contributed by atoms with van der Waals surface area (Å²) in [6.07, 6.45) is 15.1. The van der Waals surface area contributed by atoms with Gasteiger partial charge in [0.2, 0.25) is 0 Å². The molecule has 0 aliphatic heterocycles. The van der Waals surface area contributed by atoms with Gasteiger partial charge in [-0.3, -0.25) is 4.79 Å². The van der Waals surface area contributed by atoms with Gasteiger partial charge in [-0.1, -0.05) is 85.0 Å². The van der Waals surface area contributed by atoms with E-state index >= 15 is 0 Å². The Labute approximate surface area is 121 Å². The third kappa shape index (κ3) is 20.0. The molecule has 0 aromatic carbocycles. The van der Waals surface area contributed by atoms with Crippen LogP contribution in [0.2, 0.25) is 0 Å². The van der Waals surface area contributed by atoms with E-state index in [0.717, 1.165) is 6.42 Å². The number of hydrogen-bond donors (Lipinski definition) is 0. The minimum absolute atomic E-state index is 0.0686. The van der Waals surface area contributed by atoms with Crippen LogP contribution in [0.25, 0.3) is 0 Å². The molecule has 0 atom stereocenters. The zero-order chi connectivity index (χ0) is 14.8. The van der Waals surface area contributed by atoms with E-state index in [1.807, 2.05) is 13.8 Å². The summed E-state index contributed by atoms with van der Waals surface area (Å²) in [7, 11) is 1.46. The van der Waals surface area contributed by atoms with Crippen molar-refractivity contribution in [3.05, 3.63) is 0 Å². The van der Waals surface area contributed by atoms with Gasteiger partial charge in [0.05, 0.1) is 7.11 Å². The number of hydrogen-bond acceptors (Lipinski definition) is 2. The third-order valence-electron chi connectivity index (χ3n) is 3.21. The third-order valence-corrected chi connectivity index (χ3v) is 3.21. The van der Waals surface area contributed by atoms with Crippen LogP contribution in [0, 0.1) is 0 Å². The second-order valence-corrected chi connectivity index (χ2v) is 4.86. The molecule has 116 valence electrons. The monoisotopic (exact) mass is 272 g/mol. The highest BCUT2D eigenvalue weighted by Crippen LogP contribution is 2.11. The lowest BCUT2D eigenvalue weighted by molar-refractivity contribution is -0.140. The summed E-state index contributed by atoms with van der Waals surface area (Å²) in [4.78, 5) is 10.8. The Morgan fingerprint density at radius 3 is 1.47 bits per heavy atom. The minimum atomic E-state index is -0.0686. The summed E-state index contributed by atoms with van der Waals surface area (Å²) in [6.45, 7) is 6.26. The van der Waals surface area contributed by atoms with Crippen LogP contribution in [-0.2, 0) is 9.53 Å². The Hall–Kier alpha value is -0.530. The molecule has 0 spiro atoms. The Balaban J connectivity index is 0. The molecule has 0 saturated heterocycles. The van der Waals surface area contributed by atoms with Gasteiger partial charge in [0.25, 0.3) is 0 Å². The normalized spacial score (nSPS) is 9.68. The fourth-order valence-corrected chi connectivity index (χ4v) is 2.04. The quantitative estimate of drug-likeness (QED) is 0.327. The lowest BCUT2D eigenvalue weighted by atomic mass is 10.1. The number of esters is 1. The van der Waals surface area contributed by atoms with Crippen LogP contribution in [-0.4, -0.2) is 13.1 Å². The van der Waals surface area contributed by atoms with Crippen molar-refractivity contribution < 1.29 is 9.53 Å². The summed E-state index contributed by atoms with van der Waals surface area (Å²) >= 11 is 0. The fourth-order valence-electron chi connectivity index (χ4n) is 2.04. The van der Waals surface area contributed by atoms with Crippen LogP contribution in [0.3, 0.4) is 0 Å². The summed E-state index contributed by atoms with van der Waals surface area (Å²) < 4.78 is 4.60. The second-order valence-electron chi connectivity index (χ2n) is 4.86. The van der Waals surface area contributed by atoms with Crippen LogP contribution >= 0.6 is 0 Å². The van der Waals surface area contributed by atoms with E-state index in [4.69, 9.17) is 0 Å². The maximum atomic E-state index is 10.8. The van der Waals surface area contributed by atoms with Crippen LogP contribution in [0.1, 0.15) is 97.8 Å². The van der Waals surface area contributed by atoms with Gasteiger partial charge in [0.1, 0.15) is 0 Å². The zero-order valence-electron chi connectivity index (χ0n) is 13.8. The molecule has 2 nitrogen and oxygen atoms in total. The Kier molecular flexibility index (Phi) is 21.7. The maximum absolute atomic E-state index is 10.8. The van der Waals surface area contributed by atoms with Gasteiger partial charge >= 0.3 is 5.97 Å². The van der Waals surface area contributed by atoms with E-state index in [1.54, 1.807) is 0 Å². The van der Waals surface area contributed by atoms with E-state index in [9.17, 15) is 4.79 Å². The molecule has 0 rings (SSSR count). The molecule has 0 aliphatic rings. The van der Waals surface area contributed by atoms with Crippen LogP contribution < -0.4 is 0 Å². The van der Waals surface area contributed by atoms with Crippen LogP contribution in [0.4, 0.5) is 0 Å². The van der Waals surface area contributed by atoms with E-state index in [0.29, 0.717) is 6.42 Å². The number of methoxy groups -OCH3 is 1. The van der Waals surface area contributed by atoms with Gasteiger partial charge in [-0.25, -0.2) is 0 Å². The first-order valence-corrected chi connectivity index (χ1v) is 8.38. The first-order valence-electron chi connectivity index (χ1n) is 8.38. The topological polar surface area (TPSA) is 26.3 Å². The second kappa shape index (κ2) is 19.8. The van der Waals surface area contributed by atoms with Crippen molar-refractivity contribution in [3.63, 3.8) is 0 Å². The van der Waals surface area contributed by atoms with Crippen molar-refractivity contribution in [2.45, 2.75) is 97.8 Å². The smallest absolute Gasteiger partial charge is 0.305 e. The highest BCUT2D eigenvalue weighted by Gasteiger charge is 1.98. The summed E-state index contributed by atoms with van der Waals surface area (Å²) in [5, 5.41) is 0. The van der Waals surface area contributed by atoms with Gasteiger partial charge in [-0.15, -0.1) is 0 Å². The predicted molar refractivity (Wildman–Crippen MR) is 84.4 cm³/mol. The Morgan fingerprint density at radius 1 is 0.737 bits per heavy atom. The first-order chi connectivity index (χ1) is 9.31. The average Bonchev–Trinajstić information content (AvgIpc) is 2.46. The number of rotatable bonds is 12. The van der Waals surface area contributed by atoms with Crippen molar-refractivity contribution in [1.82, 2.24) is 0 Å². The van der Waals surface area contributed by atoms with E-state index in [-0.39, 0.29) is 5.97 Å². The molecule has 0 N–H and O–H groups in total. The number of carbonyl (C=O) groups is 1. The maximum Gasteiger partial charge on any atom is 0.305 e. The van der Waals surface area contributed by atoms with Gasteiger partial charge in [0, 0.05) is 6.42 Å². The molecule has 0 radical (unpaired) electrons. The molecule has 0 aliphatic carbocycles. The molecule has 0 saturated carbocycles. The van der Waals surface area contributed by atoms with Crippen molar-refractivity contribution in [2.24, 2.45) is 0 Å². The summed E-state index contributed by atoms with van der Waals surface area (Å²) in [5.74, 6) is -0.0686. The molecule has 0 amide bonds. The van der Waals surface area contributed by atoms with Gasteiger partial charge in [0.15, 0.2) is 0 Å². The van der Waals surface area contributed by atoms with Crippen molar-refractivity contribution in [1.29, 1.82) is 0 Å². The molecule has 0 fully saturated rings. The van der Waals surface area contributed by atoms with Gasteiger partial charge in [-0.2, -0.15) is 0 Å². The van der Waals surface area contributed by atoms with Crippen LogP contribution in [0.15, 0.2) is 0 Å². The minimum Gasteiger partial charge on any atom is -0.469 e. The molecule has 0 unspecified atom stereocenters. The van der Waals surface area contributed by atoms with E-state index in [2.05, 4.69) is 11.7 Å². The average molecular weight is 272 g/mol. The molecule has 0 aromatic rings. The highest BCUT2D eigenvalue weighted by atomic mass is 16.5. The van der Waals surface area contributed by atoms with Gasteiger partial charge in [-0.05, 0) is 6.42 Å². The summed E-state index contributed by atoms with van der Waals surface area (Å²) in [6, 6.07) is 0. The van der Waals surface area contributed by atoms with Gasteiger partial charge < -0.3 is 4.74 Å². The van der Waals surface area contributed by atoms with E-state index in [1.165, 1.54) is 71.3 Å². The standard InChI is InChI=1S/C15H30O2.C2H6/c1-3-4-5-6-7-8-9-10-11-12-13-14-15(16)17-2;1-2/h3-14H2,1-2H3;1-2H3. The zero-order valence-corrected chi connectivity index (χ0v) is 13.8.